The van der Waals surface area contributed by atoms with Gasteiger partial charge in [0, 0.05) is 31.2 Å². The zero-order chi connectivity index (χ0) is 21.8. The molecule has 1 N–H and O–H groups in total. The molecule has 6 nitrogen and oxygen atoms in total. The second-order valence-electron chi connectivity index (χ2n) is 8.53. The number of halogens is 1. The van der Waals surface area contributed by atoms with Crippen molar-refractivity contribution in [2.24, 2.45) is 0 Å². The van der Waals surface area contributed by atoms with E-state index >= 15 is 4.39 Å². The van der Waals surface area contributed by atoms with E-state index in [9.17, 15) is 4.79 Å². The summed E-state index contributed by atoms with van der Waals surface area (Å²) in [5, 5.41) is 8.60. The zero-order valence-electron chi connectivity index (χ0n) is 17.9. The highest BCUT2D eigenvalue weighted by Crippen LogP contribution is 2.43. The summed E-state index contributed by atoms with van der Waals surface area (Å²) in [5.41, 5.74) is 3.83. The first-order valence-electron chi connectivity index (χ1n) is 9.83. The summed E-state index contributed by atoms with van der Waals surface area (Å²) in [6.45, 7) is 5.50. The number of nitrogens with zero attached hydrogens (tertiary/aromatic N) is 2. The molecule has 0 saturated heterocycles. The monoisotopic (exact) mass is 411 g/mol. The minimum Gasteiger partial charge on any atom is -0.493 e. The summed E-state index contributed by atoms with van der Waals surface area (Å²) < 4.78 is 25.5. The second-order valence-corrected chi connectivity index (χ2v) is 8.53. The number of benzene rings is 2. The van der Waals surface area contributed by atoms with Crippen molar-refractivity contribution in [3.63, 3.8) is 0 Å². The Balaban J connectivity index is 1.75. The normalized spacial score (nSPS) is 17.6. The molecule has 0 aromatic heterocycles. The number of ether oxygens (including phenoxy) is 2. The number of hydrogen-bond acceptors (Lipinski definition) is 5. The van der Waals surface area contributed by atoms with Crippen molar-refractivity contribution in [2.75, 3.05) is 32.7 Å². The lowest BCUT2D eigenvalue weighted by Gasteiger charge is -2.26. The maximum absolute atomic E-state index is 15.1. The summed E-state index contributed by atoms with van der Waals surface area (Å²) in [4.78, 5) is 16.0. The molecule has 2 aromatic carbocycles. The van der Waals surface area contributed by atoms with Crippen LogP contribution in [0.3, 0.4) is 0 Å². The molecule has 2 aliphatic heterocycles. The van der Waals surface area contributed by atoms with Gasteiger partial charge in [0.15, 0.2) is 17.3 Å². The fourth-order valence-corrected chi connectivity index (χ4v) is 4.73. The molecule has 7 heteroatoms. The van der Waals surface area contributed by atoms with Crippen molar-refractivity contribution in [3.8, 4) is 11.5 Å². The van der Waals surface area contributed by atoms with Gasteiger partial charge in [-0.2, -0.15) is 0 Å². The van der Waals surface area contributed by atoms with Gasteiger partial charge < -0.3 is 24.1 Å². The molecule has 0 aliphatic carbocycles. The molecular weight excluding hydrogens is 385 g/mol. The molecule has 2 aromatic rings. The Hall–Kier alpha value is -3.09. The summed E-state index contributed by atoms with van der Waals surface area (Å²) >= 11 is 0. The molecule has 0 bridgehead atoms. The largest absolute Gasteiger partial charge is 0.493 e. The van der Waals surface area contributed by atoms with Crippen LogP contribution in [0.4, 0.5) is 10.1 Å². The Bertz CT molecular complexity index is 1050. The first kappa shape index (κ1) is 20.2. The third kappa shape index (κ3) is 2.83. The number of anilines is 1. The fourth-order valence-electron chi connectivity index (χ4n) is 4.73. The Labute approximate surface area is 175 Å². The van der Waals surface area contributed by atoms with Crippen LogP contribution < -0.4 is 14.4 Å². The van der Waals surface area contributed by atoms with Crippen molar-refractivity contribution in [2.45, 2.75) is 31.8 Å². The third-order valence-corrected chi connectivity index (χ3v) is 6.16. The quantitative estimate of drug-likeness (QED) is 0.761. The Morgan fingerprint density at radius 2 is 1.97 bits per heavy atom. The van der Waals surface area contributed by atoms with Crippen LogP contribution in [0.15, 0.2) is 24.3 Å². The van der Waals surface area contributed by atoms with Crippen LogP contribution in [0.1, 0.15) is 42.1 Å². The van der Waals surface area contributed by atoms with Gasteiger partial charge in [0.1, 0.15) is 18.2 Å². The number of carbonyl (C=O) groups is 1. The van der Waals surface area contributed by atoms with Gasteiger partial charge in [-0.25, -0.2) is 4.39 Å². The SMILES string of the molecule is COc1cc2c(c(F)c1OC)C(=N)N(C(C=O)c1ccc3c(c1)C(C)(C)CN3C)C2. The number of hydrogen-bond donors (Lipinski definition) is 1. The number of aldehydes is 1. The van der Waals surface area contributed by atoms with Crippen molar-refractivity contribution in [1.82, 2.24) is 4.90 Å². The highest BCUT2D eigenvalue weighted by atomic mass is 19.1. The molecule has 4 rings (SSSR count). The number of amidine groups is 1. The minimum absolute atomic E-state index is 0.0302. The van der Waals surface area contributed by atoms with Crippen molar-refractivity contribution in [1.29, 1.82) is 5.41 Å². The van der Waals surface area contributed by atoms with Crippen LogP contribution in [-0.2, 0) is 16.8 Å². The number of carbonyl (C=O) groups excluding carboxylic acids is 1. The zero-order valence-corrected chi connectivity index (χ0v) is 17.9. The average Bonchev–Trinajstić information content (AvgIpc) is 3.15. The number of rotatable bonds is 5. The number of fused-ring (bicyclic) bond motifs is 2. The first-order valence-corrected chi connectivity index (χ1v) is 9.83. The van der Waals surface area contributed by atoms with Gasteiger partial charge in [0.2, 0.25) is 0 Å². The number of likely N-dealkylation sites (N-methyl/N-ethyl adjacent to an activating group) is 1. The summed E-state index contributed by atoms with van der Waals surface area (Å²) in [7, 11) is 4.86. The maximum Gasteiger partial charge on any atom is 0.197 e. The van der Waals surface area contributed by atoms with Crippen LogP contribution in [0.2, 0.25) is 0 Å². The predicted molar refractivity (Wildman–Crippen MR) is 113 cm³/mol. The van der Waals surface area contributed by atoms with Crippen LogP contribution >= 0.6 is 0 Å². The Kier molecular flexibility index (Phi) is 4.71. The number of methoxy groups -OCH3 is 2. The first-order chi connectivity index (χ1) is 14.2. The Morgan fingerprint density at radius 1 is 1.23 bits per heavy atom. The van der Waals surface area contributed by atoms with Gasteiger partial charge in [0.25, 0.3) is 0 Å². The lowest BCUT2D eigenvalue weighted by molar-refractivity contribution is -0.111. The molecule has 1 unspecified atom stereocenters. The Morgan fingerprint density at radius 3 is 2.60 bits per heavy atom. The van der Waals surface area contributed by atoms with E-state index in [2.05, 4.69) is 25.8 Å². The maximum atomic E-state index is 15.1. The van der Waals surface area contributed by atoms with E-state index in [1.54, 1.807) is 11.0 Å². The highest BCUT2D eigenvalue weighted by molar-refractivity contribution is 6.02. The van der Waals surface area contributed by atoms with Crippen molar-refractivity contribution in [3.05, 3.63) is 52.3 Å². The molecule has 2 aliphatic rings. The molecule has 1 atom stereocenters. The molecule has 0 amide bonds. The molecule has 0 fully saturated rings. The van der Waals surface area contributed by atoms with Gasteiger partial charge in [-0.1, -0.05) is 26.0 Å². The van der Waals surface area contributed by atoms with E-state index in [1.807, 2.05) is 18.2 Å². The van der Waals surface area contributed by atoms with E-state index < -0.39 is 11.9 Å². The number of nitrogens with one attached hydrogen (secondary N) is 1. The molecule has 0 saturated carbocycles. The van der Waals surface area contributed by atoms with Crippen molar-refractivity contribution < 1.29 is 18.7 Å². The minimum atomic E-state index is -0.687. The predicted octanol–water partition coefficient (Wildman–Crippen LogP) is 3.65. The van der Waals surface area contributed by atoms with E-state index in [0.717, 1.165) is 24.1 Å². The summed E-state index contributed by atoms with van der Waals surface area (Å²) in [5.74, 6) is -0.431. The van der Waals surface area contributed by atoms with Crippen LogP contribution in [0, 0.1) is 11.2 Å². The fraction of sp³-hybridized carbons (Fsp3) is 0.391. The van der Waals surface area contributed by atoms with Gasteiger partial charge in [0.05, 0.1) is 19.8 Å². The standard InChI is InChI=1S/C23H26FN3O3/c1-23(2)12-26(3)16-7-6-13(8-15(16)23)17(11-28)27-10-14-9-18(29-4)21(30-5)20(24)19(14)22(27)25/h6-9,11,17,25H,10,12H2,1-5H3. The van der Waals surface area contributed by atoms with E-state index in [-0.39, 0.29) is 34.9 Å². The average molecular weight is 411 g/mol. The lowest BCUT2D eigenvalue weighted by atomic mass is 9.85. The van der Waals surface area contributed by atoms with Gasteiger partial charge >= 0.3 is 0 Å². The van der Waals surface area contributed by atoms with Crippen LogP contribution in [0.25, 0.3) is 0 Å². The molecule has 0 spiro atoms. The van der Waals surface area contributed by atoms with Crippen LogP contribution in [-0.4, -0.2) is 44.8 Å². The van der Waals surface area contributed by atoms with E-state index in [4.69, 9.17) is 14.9 Å². The van der Waals surface area contributed by atoms with Crippen molar-refractivity contribution >= 4 is 17.8 Å². The van der Waals surface area contributed by atoms with Gasteiger partial charge in [-0.15, -0.1) is 0 Å². The topological polar surface area (TPSA) is 65.9 Å². The smallest absolute Gasteiger partial charge is 0.197 e. The second kappa shape index (κ2) is 7.00. The molecule has 2 heterocycles. The molecule has 158 valence electrons. The van der Waals surface area contributed by atoms with E-state index in [0.29, 0.717) is 5.56 Å². The van der Waals surface area contributed by atoms with E-state index in [1.165, 1.54) is 19.8 Å². The summed E-state index contributed by atoms with van der Waals surface area (Å²) in [6, 6.07) is 6.98. The van der Waals surface area contributed by atoms with Gasteiger partial charge in [-0.3, -0.25) is 5.41 Å². The summed E-state index contributed by atoms with van der Waals surface area (Å²) in [6.07, 6.45) is 0.820. The van der Waals surface area contributed by atoms with Crippen LogP contribution in [0.5, 0.6) is 11.5 Å². The molecule has 0 radical (unpaired) electrons. The highest BCUT2D eigenvalue weighted by Gasteiger charge is 2.38. The molecular formula is C23H26FN3O3. The lowest BCUT2D eigenvalue weighted by Crippen LogP contribution is -2.30. The molecule has 30 heavy (non-hydrogen) atoms. The third-order valence-electron chi connectivity index (χ3n) is 6.16. The van der Waals surface area contributed by atoms with Gasteiger partial charge in [-0.05, 0) is 28.8 Å².